The molecule has 0 saturated carbocycles. The first-order chi connectivity index (χ1) is 12.6. The number of aryl methyl sites for hydroxylation is 1. The fraction of sp³-hybridized carbons (Fsp3) is 0.316. The molecular weight excluding hydrogens is 354 g/mol. The van der Waals surface area contributed by atoms with Gasteiger partial charge in [0.25, 0.3) is 11.8 Å². The summed E-state index contributed by atoms with van der Waals surface area (Å²) >= 11 is 1.56. The maximum Gasteiger partial charge on any atom is 0.339 e. The average Bonchev–Trinajstić information content (AvgIpc) is 3.10. The van der Waals surface area contributed by atoms with Crippen LogP contribution in [-0.2, 0) is 22.4 Å². The van der Waals surface area contributed by atoms with Gasteiger partial charge in [0.15, 0.2) is 6.61 Å². The van der Waals surface area contributed by atoms with Crippen molar-refractivity contribution in [2.24, 2.45) is 0 Å². The van der Waals surface area contributed by atoms with Crippen LogP contribution >= 0.6 is 11.3 Å². The summed E-state index contributed by atoms with van der Waals surface area (Å²) in [6.07, 6.45) is 4.04. The first-order valence-electron chi connectivity index (χ1n) is 8.33. The fourth-order valence-corrected chi connectivity index (χ4v) is 4.05. The lowest BCUT2D eigenvalue weighted by molar-refractivity contribution is -0.123. The third kappa shape index (κ3) is 3.94. The van der Waals surface area contributed by atoms with Gasteiger partial charge in [-0.1, -0.05) is 12.1 Å². The first-order valence-corrected chi connectivity index (χ1v) is 9.21. The topological polar surface area (TPSA) is 81.7 Å². The zero-order chi connectivity index (χ0) is 18.5. The minimum atomic E-state index is -0.682. The molecule has 1 aromatic heterocycles. The van der Waals surface area contributed by atoms with Crippen LogP contribution in [0.1, 0.15) is 44.0 Å². The highest BCUT2D eigenvalue weighted by atomic mass is 32.1. The van der Waals surface area contributed by atoms with Crippen LogP contribution in [0.2, 0.25) is 0 Å². The number of carbonyl (C=O) groups excluding carboxylic acids is 3. The van der Waals surface area contributed by atoms with Gasteiger partial charge in [-0.25, -0.2) is 4.79 Å². The number of hydrogen-bond donors (Lipinski definition) is 1. The summed E-state index contributed by atoms with van der Waals surface area (Å²) in [5.41, 5.74) is 1.81. The lowest BCUT2D eigenvalue weighted by atomic mass is 9.96. The number of para-hydroxylation sites is 1. The van der Waals surface area contributed by atoms with Crippen molar-refractivity contribution in [2.75, 3.05) is 13.7 Å². The number of carbonyl (C=O) groups is 3. The molecular formula is C19H19NO5S. The van der Waals surface area contributed by atoms with E-state index >= 15 is 0 Å². The summed E-state index contributed by atoms with van der Waals surface area (Å²) in [6, 6.07) is 6.56. The van der Waals surface area contributed by atoms with Crippen LogP contribution in [0.25, 0.3) is 0 Å². The van der Waals surface area contributed by atoms with Gasteiger partial charge in [-0.15, -0.1) is 11.3 Å². The summed E-state index contributed by atoms with van der Waals surface area (Å²) in [4.78, 5) is 37.5. The van der Waals surface area contributed by atoms with Crippen LogP contribution in [0, 0.1) is 0 Å². The van der Waals surface area contributed by atoms with E-state index in [4.69, 9.17) is 9.47 Å². The van der Waals surface area contributed by atoms with Gasteiger partial charge >= 0.3 is 5.97 Å². The second-order valence-corrected chi connectivity index (χ2v) is 6.88. The van der Waals surface area contributed by atoms with Crippen molar-refractivity contribution in [3.63, 3.8) is 0 Å². The van der Waals surface area contributed by atoms with Crippen LogP contribution in [0.15, 0.2) is 29.6 Å². The number of nitrogens with one attached hydrogen (secondary N) is 1. The number of ether oxygens (including phenoxy) is 2. The fourth-order valence-electron chi connectivity index (χ4n) is 2.94. The minimum Gasteiger partial charge on any atom is -0.496 e. The van der Waals surface area contributed by atoms with Crippen molar-refractivity contribution >= 4 is 29.1 Å². The lowest BCUT2D eigenvalue weighted by Gasteiger charge is -2.12. The number of fused-ring (bicyclic) bond motifs is 1. The summed E-state index contributed by atoms with van der Waals surface area (Å²) in [5, 5.41) is 3.99. The molecule has 0 fully saturated rings. The molecule has 2 aromatic rings. The van der Waals surface area contributed by atoms with Crippen molar-refractivity contribution in [2.45, 2.75) is 25.7 Å². The van der Waals surface area contributed by atoms with Gasteiger partial charge in [0.05, 0.1) is 18.2 Å². The molecule has 7 heteroatoms. The molecule has 2 amide bonds. The molecule has 136 valence electrons. The molecule has 1 aliphatic rings. The molecule has 0 aliphatic heterocycles. The quantitative estimate of drug-likeness (QED) is 0.815. The molecule has 0 radical (unpaired) electrons. The molecule has 0 atom stereocenters. The Morgan fingerprint density at radius 3 is 2.69 bits per heavy atom. The second-order valence-electron chi connectivity index (χ2n) is 5.91. The Labute approximate surface area is 155 Å². The van der Waals surface area contributed by atoms with Gasteiger partial charge in [-0.3, -0.25) is 14.9 Å². The van der Waals surface area contributed by atoms with E-state index in [0.29, 0.717) is 11.3 Å². The predicted molar refractivity (Wildman–Crippen MR) is 96.7 cm³/mol. The number of esters is 1. The number of methoxy groups -OCH3 is 1. The number of benzene rings is 1. The Morgan fingerprint density at radius 1 is 1.12 bits per heavy atom. The summed E-state index contributed by atoms with van der Waals surface area (Å²) in [6.45, 7) is -0.510. The largest absolute Gasteiger partial charge is 0.496 e. The Morgan fingerprint density at radius 2 is 1.88 bits per heavy atom. The number of imide groups is 1. The third-order valence-electron chi connectivity index (χ3n) is 4.22. The summed E-state index contributed by atoms with van der Waals surface area (Å²) < 4.78 is 10.2. The Kier molecular flexibility index (Phi) is 5.68. The smallest absolute Gasteiger partial charge is 0.339 e. The van der Waals surface area contributed by atoms with Crippen LogP contribution in [-0.4, -0.2) is 31.5 Å². The molecule has 1 heterocycles. The molecule has 26 heavy (non-hydrogen) atoms. The van der Waals surface area contributed by atoms with Crippen molar-refractivity contribution in [1.29, 1.82) is 0 Å². The Bertz CT molecular complexity index is 842. The summed E-state index contributed by atoms with van der Waals surface area (Å²) in [5.74, 6) is -1.45. The predicted octanol–water partition coefficient (Wildman–Crippen LogP) is 2.75. The Balaban J connectivity index is 1.56. The molecule has 1 aromatic carbocycles. The van der Waals surface area contributed by atoms with Crippen LogP contribution in [0.4, 0.5) is 0 Å². The van der Waals surface area contributed by atoms with E-state index in [1.54, 1.807) is 41.0 Å². The van der Waals surface area contributed by atoms with E-state index in [2.05, 4.69) is 5.32 Å². The number of thiophene rings is 1. The van der Waals surface area contributed by atoms with E-state index in [1.165, 1.54) is 12.0 Å². The molecule has 1 aliphatic carbocycles. The normalized spacial score (nSPS) is 12.8. The van der Waals surface area contributed by atoms with Crippen molar-refractivity contribution in [3.8, 4) is 5.75 Å². The molecule has 0 spiro atoms. The van der Waals surface area contributed by atoms with Gasteiger partial charge in [-0.05, 0) is 43.4 Å². The van der Waals surface area contributed by atoms with Crippen LogP contribution in [0.3, 0.4) is 0 Å². The van der Waals surface area contributed by atoms with Crippen molar-refractivity contribution < 1.29 is 23.9 Å². The van der Waals surface area contributed by atoms with Crippen molar-refractivity contribution in [3.05, 3.63) is 51.2 Å². The molecule has 1 N–H and O–H groups in total. The van der Waals surface area contributed by atoms with Gasteiger partial charge in [0.1, 0.15) is 5.75 Å². The zero-order valence-corrected chi connectivity index (χ0v) is 15.2. The van der Waals surface area contributed by atoms with E-state index in [9.17, 15) is 14.4 Å². The first kappa shape index (κ1) is 18.1. The van der Waals surface area contributed by atoms with Crippen LogP contribution < -0.4 is 10.1 Å². The summed E-state index contributed by atoms with van der Waals surface area (Å²) in [7, 11) is 1.44. The third-order valence-corrected chi connectivity index (χ3v) is 5.31. The standard InChI is InChI=1S/C19H19NO5S/c1-24-15-8-4-2-7-13(15)18(22)20-17(21)10-25-19(23)14-11-26-16-9-5-3-6-12(14)16/h2,4,7-8,11H,3,5-6,9-10H2,1H3,(H,20,21,22). The Hall–Kier alpha value is -2.67. The van der Waals surface area contributed by atoms with E-state index in [1.807, 2.05) is 0 Å². The lowest BCUT2D eigenvalue weighted by Crippen LogP contribution is -2.34. The highest BCUT2D eigenvalue weighted by Gasteiger charge is 2.22. The zero-order valence-electron chi connectivity index (χ0n) is 14.4. The maximum atomic E-state index is 12.2. The van der Waals surface area contributed by atoms with Gasteiger partial charge in [0, 0.05) is 10.3 Å². The second kappa shape index (κ2) is 8.14. The monoisotopic (exact) mass is 373 g/mol. The van der Waals surface area contributed by atoms with Crippen LogP contribution in [0.5, 0.6) is 5.75 Å². The van der Waals surface area contributed by atoms with E-state index in [0.717, 1.165) is 31.2 Å². The van der Waals surface area contributed by atoms with E-state index < -0.39 is 24.4 Å². The van der Waals surface area contributed by atoms with Gasteiger partial charge < -0.3 is 9.47 Å². The van der Waals surface area contributed by atoms with Gasteiger partial charge in [0.2, 0.25) is 0 Å². The maximum absolute atomic E-state index is 12.2. The van der Waals surface area contributed by atoms with E-state index in [-0.39, 0.29) is 5.56 Å². The van der Waals surface area contributed by atoms with Crippen molar-refractivity contribution in [1.82, 2.24) is 5.32 Å². The highest BCUT2D eigenvalue weighted by Crippen LogP contribution is 2.30. The molecule has 3 rings (SSSR count). The molecule has 0 unspecified atom stereocenters. The average molecular weight is 373 g/mol. The molecule has 0 bridgehead atoms. The highest BCUT2D eigenvalue weighted by molar-refractivity contribution is 7.10. The SMILES string of the molecule is COc1ccccc1C(=O)NC(=O)COC(=O)c1csc2c1CCCC2. The molecule has 6 nitrogen and oxygen atoms in total. The number of rotatable bonds is 5. The minimum absolute atomic E-state index is 0.238. The molecule has 0 saturated heterocycles. The number of hydrogen-bond acceptors (Lipinski definition) is 6. The number of amides is 2. The van der Waals surface area contributed by atoms with Gasteiger partial charge in [-0.2, -0.15) is 0 Å².